The average Bonchev–Trinajstić information content (AvgIpc) is 3.03. The minimum Gasteiger partial charge on any atom is -0.393 e. The van der Waals surface area contributed by atoms with Gasteiger partial charge in [0.05, 0.1) is 9.32 Å². The van der Waals surface area contributed by atoms with E-state index in [9.17, 15) is 8.42 Å². The Labute approximate surface area is 131 Å². The first kappa shape index (κ1) is 15.5. The minimum atomic E-state index is -3.63. The summed E-state index contributed by atoms with van der Waals surface area (Å²) in [6.07, 6.45) is 2.07. The van der Waals surface area contributed by atoms with Crippen molar-refractivity contribution in [1.82, 2.24) is 4.31 Å². The number of hydrogen-bond acceptors (Lipinski definition) is 4. The summed E-state index contributed by atoms with van der Waals surface area (Å²) in [4.78, 5) is 0.370. The molecule has 1 aromatic rings. The number of nitrogens with zero attached hydrogens (tertiary/aromatic N) is 1. The molecule has 1 aromatic heterocycles. The van der Waals surface area contributed by atoms with Crippen LogP contribution in [0.2, 0.25) is 8.67 Å². The molecule has 1 fully saturated rings. The van der Waals surface area contributed by atoms with E-state index in [0.29, 0.717) is 15.7 Å². The van der Waals surface area contributed by atoms with Gasteiger partial charge < -0.3 is 5.73 Å². The number of halogens is 2. The number of hydrogen-bond donors (Lipinski definition) is 1. The lowest BCUT2D eigenvalue weighted by molar-refractivity contribution is 0.413. The molecule has 9 heteroatoms. The van der Waals surface area contributed by atoms with Crippen molar-refractivity contribution in [2.75, 3.05) is 6.54 Å². The van der Waals surface area contributed by atoms with Gasteiger partial charge in [-0.25, -0.2) is 8.42 Å². The van der Waals surface area contributed by atoms with Gasteiger partial charge in [-0.1, -0.05) is 35.4 Å². The van der Waals surface area contributed by atoms with Crippen LogP contribution >= 0.6 is 46.8 Å². The van der Waals surface area contributed by atoms with Crippen molar-refractivity contribution in [1.29, 1.82) is 0 Å². The fourth-order valence-electron chi connectivity index (χ4n) is 1.71. The number of sulfonamides is 1. The molecule has 1 aliphatic rings. The Morgan fingerprint density at radius 2 is 2.16 bits per heavy atom. The van der Waals surface area contributed by atoms with Crippen LogP contribution in [0.4, 0.5) is 0 Å². The van der Waals surface area contributed by atoms with E-state index in [2.05, 4.69) is 0 Å². The zero-order valence-electron chi connectivity index (χ0n) is 9.80. The van der Waals surface area contributed by atoms with Crippen molar-refractivity contribution in [3.63, 3.8) is 0 Å². The van der Waals surface area contributed by atoms with Crippen LogP contribution < -0.4 is 5.73 Å². The van der Waals surface area contributed by atoms with Crippen molar-refractivity contribution < 1.29 is 8.42 Å². The number of nitrogens with two attached hydrogens (primary N) is 1. The summed E-state index contributed by atoms with van der Waals surface area (Å²) < 4.78 is 27.1. The van der Waals surface area contributed by atoms with Gasteiger partial charge in [-0.05, 0) is 18.9 Å². The lowest BCUT2D eigenvalue weighted by atomic mass is 10.4. The van der Waals surface area contributed by atoms with Gasteiger partial charge in [0, 0.05) is 19.0 Å². The van der Waals surface area contributed by atoms with Crippen molar-refractivity contribution in [3.8, 4) is 0 Å². The summed E-state index contributed by atoms with van der Waals surface area (Å²) in [5.41, 5.74) is 5.44. The molecule has 4 nitrogen and oxygen atoms in total. The maximum absolute atomic E-state index is 12.6. The van der Waals surface area contributed by atoms with E-state index in [4.69, 9.17) is 41.2 Å². The lowest BCUT2D eigenvalue weighted by Crippen LogP contribution is -2.35. The molecule has 0 aliphatic heterocycles. The van der Waals surface area contributed by atoms with Crippen LogP contribution in [0.15, 0.2) is 11.0 Å². The zero-order chi connectivity index (χ0) is 14.2. The van der Waals surface area contributed by atoms with E-state index >= 15 is 0 Å². The second-order valence-corrected chi connectivity index (χ2v) is 8.92. The molecule has 106 valence electrons. The molecule has 2 N–H and O–H groups in total. The highest BCUT2D eigenvalue weighted by molar-refractivity contribution is 7.89. The van der Waals surface area contributed by atoms with Crippen LogP contribution in [0.25, 0.3) is 0 Å². The van der Waals surface area contributed by atoms with Crippen LogP contribution in [0.1, 0.15) is 19.3 Å². The molecule has 0 atom stereocenters. The van der Waals surface area contributed by atoms with Crippen LogP contribution in [-0.4, -0.2) is 30.3 Å². The van der Waals surface area contributed by atoms with Gasteiger partial charge in [0.1, 0.15) is 9.23 Å². The van der Waals surface area contributed by atoms with Gasteiger partial charge in [-0.3, -0.25) is 0 Å². The molecule has 0 bridgehead atoms. The second-order valence-electron chi connectivity index (χ2n) is 4.25. The van der Waals surface area contributed by atoms with E-state index in [-0.39, 0.29) is 21.8 Å². The second kappa shape index (κ2) is 5.83. The SMILES string of the molecule is NC(=S)CCN(C1CC1)S(=O)(=O)c1cc(Cl)sc1Cl. The summed E-state index contributed by atoms with van der Waals surface area (Å²) in [5, 5.41) is 0. The van der Waals surface area contributed by atoms with Gasteiger partial charge in [0.2, 0.25) is 10.0 Å². The Balaban J connectivity index is 2.29. The molecule has 0 unspecified atom stereocenters. The topological polar surface area (TPSA) is 63.4 Å². The molecule has 1 saturated carbocycles. The third-order valence-electron chi connectivity index (χ3n) is 2.74. The number of thiophene rings is 1. The van der Waals surface area contributed by atoms with Crippen molar-refractivity contribution in [2.45, 2.75) is 30.2 Å². The van der Waals surface area contributed by atoms with E-state index < -0.39 is 10.0 Å². The van der Waals surface area contributed by atoms with Crippen LogP contribution in [0, 0.1) is 0 Å². The van der Waals surface area contributed by atoms with Gasteiger partial charge in [-0.2, -0.15) is 4.31 Å². The zero-order valence-corrected chi connectivity index (χ0v) is 13.8. The maximum Gasteiger partial charge on any atom is 0.245 e. The fraction of sp³-hybridized carbons (Fsp3) is 0.500. The summed E-state index contributed by atoms with van der Waals surface area (Å²) >= 11 is 17.6. The quantitative estimate of drug-likeness (QED) is 0.794. The van der Waals surface area contributed by atoms with Gasteiger partial charge in [-0.15, -0.1) is 11.3 Å². The lowest BCUT2D eigenvalue weighted by Gasteiger charge is -2.21. The first-order valence-corrected chi connectivity index (χ1v) is 8.99. The summed E-state index contributed by atoms with van der Waals surface area (Å²) in [7, 11) is -3.63. The summed E-state index contributed by atoms with van der Waals surface area (Å²) in [5.74, 6) is 0. The Morgan fingerprint density at radius 3 is 2.58 bits per heavy atom. The third kappa shape index (κ3) is 3.59. The van der Waals surface area contributed by atoms with E-state index in [1.54, 1.807) is 0 Å². The van der Waals surface area contributed by atoms with E-state index in [1.807, 2.05) is 0 Å². The number of thiocarbonyl (C=S) groups is 1. The Hall–Kier alpha value is 0.0800. The molecule has 0 aromatic carbocycles. The van der Waals surface area contributed by atoms with Gasteiger partial charge in [0.25, 0.3) is 0 Å². The molecule has 1 heterocycles. The Morgan fingerprint density at radius 1 is 1.53 bits per heavy atom. The minimum absolute atomic E-state index is 0.0223. The molecule has 19 heavy (non-hydrogen) atoms. The van der Waals surface area contributed by atoms with Crippen LogP contribution in [0.5, 0.6) is 0 Å². The molecule has 0 radical (unpaired) electrons. The predicted molar refractivity (Wildman–Crippen MR) is 82.7 cm³/mol. The predicted octanol–water partition coefficient (Wildman–Crippen LogP) is 2.88. The smallest absolute Gasteiger partial charge is 0.245 e. The fourth-order valence-corrected chi connectivity index (χ4v) is 5.60. The summed E-state index contributed by atoms with van der Waals surface area (Å²) in [6, 6.07) is 1.41. The van der Waals surface area contributed by atoms with Crippen LogP contribution in [-0.2, 0) is 10.0 Å². The van der Waals surface area contributed by atoms with Crippen LogP contribution in [0.3, 0.4) is 0 Å². The van der Waals surface area contributed by atoms with Crippen molar-refractivity contribution in [3.05, 3.63) is 14.7 Å². The van der Waals surface area contributed by atoms with E-state index in [1.165, 1.54) is 10.4 Å². The highest BCUT2D eigenvalue weighted by Crippen LogP contribution is 2.39. The highest BCUT2D eigenvalue weighted by atomic mass is 35.5. The molecule has 0 amide bonds. The monoisotopic (exact) mass is 358 g/mol. The van der Waals surface area contributed by atoms with Crippen molar-refractivity contribution in [2.24, 2.45) is 5.73 Å². The molecular weight excluding hydrogens is 347 g/mol. The highest BCUT2D eigenvalue weighted by Gasteiger charge is 2.39. The molecule has 1 aliphatic carbocycles. The normalized spacial score (nSPS) is 15.9. The maximum atomic E-state index is 12.6. The van der Waals surface area contributed by atoms with E-state index in [0.717, 1.165) is 24.2 Å². The third-order valence-corrected chi connectivity index (χ3v) is 6.65. The largest absolute Gasteiger partial charge is 0.393 e. The number of rotatable bonds is 6. The van der Waals surface area contributed by atoms with Gasteiger partial charge in [0.15, 0.2) is 0 Å². The van der Waals surface area contributed by atoms with Gasteiger partial charge >= 0.3 is 0 Å². The summed E-state index contributed by atoms with van der Waals surface area (Å²) in [6.45, 7) is 0.284. The Bertz CT molecular complexity index is 596. The molecule has 0 spiro atoms. The first-order valence-electron chi connectivity index (χ1n) is 5.57. The molecule has 2 rings (SSSR count). The average molecular weight is 359 g/mol. The molecule has 0 saturated heterocycles. The van der Waals surface area contributed by atoms with Crippen molar-refractivity contribution >= 4 is 61.8 Å². The first-order chi connectivity index (χ1) is 8.82. The molecular formula is C10H12Cl2N2O2S3. The standard InChI is InChI=1S/C10H12Cl2N2O2S3/c11-8-5-7(10(12)18-8)19(15,16)14(6-1-2-6)4-3-9(13)17/h5-6H,1-4H2,(H2,13,17). The Kier molecular flexibility index (Phi) is 4.75.